The van der Waals surface area contributed by atoms with Crippen LogP contribution in [0.25, 0.3) is 0 Å². The van der Waals surface area contributed by atoms with Crippen molar-refractivity contribution in [1.82, 2.24) is 0 Å². The van der Waals surface area contributed by atoms with Crippen LogP contribution in [0.15, 0.2) is 39.4 Å². The monoisotopic (exact) mass is 295 g/mol. The highest BCUT2D eigenvalue weighted by molar-refractivity contribution is 9.10. The minimum atomic E-state index is -0.264. The molecule has 0 aliphatic carbocycles. The molecule has 0 amide bonds. The lowest BCUT2D eigenvalue weighted by Gasteiger charge is -2.08. The van der Waals surface area contributed by atoms with Gasteiger partial charge in [0.1, 0.15) is 0 Å². The molecule has 2 N–H and O–H groups in total. The van der Waals surface area contributed by atoms with Crippen molar-refractivity contribution in [2.75, 3.05) is 12.8 Å². The zero-order chi connectivity index (χ0) is 12.4. The predicted octanol–water partition coefficient (Wildman–Crippen LogP) is 2.86. The van der Waals surface area contributed by atoms with E-state index in [0.717, 1.165) is 0 Å². The molecule has 0 saturated heterocycles. The van der Waals surface area contributed by atoms with E-state index >= 15 is 0 Å². The first-order valence-electron chi connectivity index (χ1n) is 4.86. The van der Waals surface area contributed by atoms with Gasteiger partial charge in [-0.05, 0) is 40.2 Å². The number of hydrogen-bond donors (Lipinski definition) is 1. The van der Waals surface area contributed by atoms with Crippen molar-refractivity contribution in [2.24, 2.45) is 0 Å². The van der Waals surface area contributed by atoms with Crippen LogP contribution in [-0.4, -0.2) is 12.9 Å². The number of nitrogens with two attached hydrogens (primary N) is 1. The van der Waals surface area contributed by atoms with E-state index in [1.165, 1.54) is 7.11 Å². The smallest absolute Gasteiger partial charge is 0.232 e. The summed E-state index contributed by atoms with van der Waals surface area (Å²) in [6, 6.07) is 8.27. The summed E-state index contributed by atoms with van der Waals surface area (Å²) in [6.07, 6.45) is 0. The van der Waals surface area contributed by atoms with Crippen LogP contribution < -0.4 is 10.5 Å². The largest absolute Gasteiger partial charge is 0.494 e. The molecule has 0 aliphatic heterocycles. The Labute approximate surface area is 106 Å². The minimum Gasteiger partial charge on any atom is -0.494 e. The van der Waals surface area contributed by atoms with Crippen molar-refractivity contribution in [3.63, 3.8) is 0 Å². The standard InChI is InChI=1S/C12H10BrNO3/c1-16-12-7(3-2-4-8(12)14)11(15)9-5-6-10(13)17-9/h2-6H,14H2,1H3. The Kier molecular flexibility index (Phi) is 3.19. The Morgan fingerprint density at radius 1 is 1.35 bits per heavy atom. The summed E-state index contributed by atoms with van der Waals surface area (Å²) in [5.74, 6) is 0.339. The van der Waals surface area contributed by atoms with Crippen molar-refractivity contribution in [2.45, 2.75) is 0 Å². The lowest BCUT2D eigenvalue weighted by molar-refractivity contribution is 0.100. The number of benzene rings is 1. The number of anilines is 1. The van der Waals surface area contributed by atoms with Crippen molar-refractivity contribution < 1.29 is 13.9 Å². The van der Waals surface area contributed by atoms with E-state index < -0.39 is 0 Å². The van der Waals surface area contributed by atoms with Crippen LogP contribution in [0.5, 0.6) is 5.75 Å². The number of carbonyl (C=O) groups is 1. The quantitative estimate of drug-likeness (QED) is 0.698. The van der Waals surface area contributed by atoms with Crippen LogP contribution in [-0.2, 0) is 0 Å². The molecule has 1 aromatic carbocycles. The number of ether oxygens (including phenoxy) is 1. The first kappa shape index (κ1) is 11.7. The zero-order valence-corrected chi connectivity index (χ0v) is 10.7. The fraction of sp³-hybridized carbons (Fsp3) is 0.0833. The molecule has 1 aromatic heterocycles. The predicted molar refractivity (Wildman–Crippen MR) is 67.2 cm³/mol. The summed E-state index contributed by atoms with van der Waals surface area (Å²) >= 11 is 3.15. The molecule has 4 nitrogen and oxygen atoms in total. The van der Waals surface area contributed by atoms with Gasteiger partial charge in [0.05, 0.1) is 18.4 Å². The summed E-state index contributed by atoms with van der Waals surface area (Å²) in [5.41, 5.74) is 6.54. The van der Waals surface area contributed by atoms with Gasteiger partial charge in [-0.2, -0.15) is 0 Å². The first-order valence-corrected chi connectivity index (χ1v) is 5.65. The highest BCUT2D eigenvalue weighted by Gasteiger charge is 2.18. The molecule has 1 heterocycles. The highest BCUT2D eigenvalue weighted by Crippen LogP contribution is 2.28. The van der Waals surface area contributed by atoms with E-state index in [4.69, 9.17) is 14.9 Å². The third kappa shape index (κ3) is 2.19. The van der Waals surface area contributed by atoms with E-state index in [2.05, 4.69) is 15.9 Å². The number of nitrogen functional groups attached to an aromatic ring is 1. The van der Waals surface area contributed by atoms with Crippen LogP contribution >= 0.6 is 15.9 Å². The van der Waals surface area contributed by atoms with Gasteiger partial charge in [-0.3, -0.25) is 4.79 Å². The van der Waals surface area contributed by atoms with Gasteiger partial charge in [0.15, 0.2) is 16.2 Å². The molecule has 0 unspecified atom stereocenters. The number of ketones is 1. The second-order valence-corrected chi connectivity index (χ2v) is 4.14. The van der Waals surface area contributed by atoms with Gasteiger partial charge in [0.2, 0.25) is 5.78 Å². The van der Waals surface area contributed by atoms with E-state index in [0.29, 0.717) is 21.7 Å². The lowest BCUT2D eigenvalue weighted by atomic mass is 10.1. The molecule has 0 fully saturated rings. The molecule has 0 atom stereocenters. The van der Waals surface area contributed by atoms with E-state index in [1.54, 1.807) is 30.3 Å². The summed E-state index contributed by atoms with van der Waals surface area (Å²) in [6.45, 7) is 0. The number of carbonyl (C=O) groups excluding carboxylic acids is 1. The summed E-state index contributed by atoms with van der Waals surface area (Å²) in [7, 11) is 1.47. The second kappa shape index (κ2) is 4.63. The zero-order valence-electron chi connectivity index (χ0n) is 9.07. The third-order valence-electron chi connectivity index (χ3n) is 2.29. The molecule has 0 radical (unpaired) electrons. The highest BCUT2D eigenvalue weighted by atomic mass is 79.9. The van der Waals surface area contributed by atoms with E-state index in [1.807, 2.05) is 0 Å². The SMILES string of the molecule is COc1c(N)cccc1C(=O)c1ccc(Br)o1. The van der Waals surface area contributed by atoms with E-state index in [9.17, 15) is 4.79 Å². The molecule has 0 bridgehead atoms. The molecule has 5 heteroatoms. The van der Waals surface area contributed by atoms with Crippen molar-refractivity contribution >= 4 is 27.4 Å². The van der Waals surface area contributed by atoms with Crippen LogP contribution in [0.4, 0.5) is 5.69 Å². The Balaban J connectivity index is 2.47. The Morgan fingerprint density at radius 3 is 2.71 bits per heavy atom. The number of methoxy groups -OCH3 is 1. The minimum absolute atomic E-state index is 0.237. The molecule has 2 rings (SSSR count). The molecule has 17 heavy (non-hydrogen) atoms. The van der Waals surface area contributed by atoms with Gasteiger partial charge >= 0.3 is 0 Å². The van der Waals surface area contributed by atoms with Crippen molar-refractivity contribution in [3.05, 3.63) is 46.3 Å². The molecular formula is C12H10BrNO3. The Hall–Kier alpha value is -1.75. The maximum Gasteiger partial charge on any atom is 0.232 e. The van der Waals surface area contributed by atoms with Gasteiger partial charge in [0, 0.05) is 0 Å². The molecule has 88 valence electrons. The molecule has 0 spiro atoms. The van der Waals surface area contributed by atoms with Crippen LogP contribution in [0.1, 0.15) is 16.1 Å². The van der Waals surface area contributed by atoms with Gasteiger partial charge in [-0.15, -0.1) is 0 Å². The molecule has 0 aliphatic rings. The van der Waals surface area contributed by atoms with Crippen molar-refractivity contribution in [3.8, 4) is 5.75 Å². The van der Waals surface area contributed by atoms with E-state index in [-0.39, 0.29) is 11.5 Å². The lowest BCUT2D eigenvalue weighted by Crippen LogP contribution is -2.04. The van der Waals surface area contributed by atoms with Gasteiger partial charge < -0.3 is 14.9 Å². The first-order chi connectivity index (χ1) is 8.13. The van der Waals surface area contributed by atoms with Crippen LogP contribution in [0.3, 0.4) is 0 Å². The summed E-state index contributed by atoms with van der Waals surface area (Å²) in [4.78, 5) is 12.1. The number of para-hydroxylation sites is 1. The fourth-order valence-electron chi connectivity index (χ4n) is 1.53. The Morgan fingerprint density at radius 2 is 2.12 bits per heavy atom. The molecule has 2 aromatic rings. The summed E-state index contributed by atoms with van der Waals surface area (Å²) < 4.78 is 10.8. The number of rotatable bonds is 3. The molecular weight excluding hydrogens is 286 g/mol. The summed E-state index contributed by atoms with van der Waals surface area (Å²) in [5, 5.41) is 0. The average Bonchev–Trinajstić information content (AvgIpc) is 2.74. The topological polar surface area (TPSA) is 65.5 Å². The number of hydrogen-bond acceptors (Lipinski definition) is 4. The average molecular weight is 296 g/mol. The van der Waals surface area contributed by atoms with Gasteiger partial charge in [-0.25, -0.2) is 0 Å². The van der Waals surface area contributed by atoms with Crippen molar-refractivity contribution in [1.29, 1.82) is 0 Å². The normalized spacial score (nSPS) is 10.2. The third-order valence-corrected chi connectivity index (χ3v) is 2.72. The van der Waals surface area contributed by atoms with Crippen LogP contribution in [0, 0.1) is 0 Å². The maximum absolute atomic E-state index is 12.1. The number of furan rings is 1. The molecule has 0 saturated carbocycles. The Bertz CT molecular complexity index is 563. The maximum atomic E-state index is 12.1. The van der Waals surface area contributed by atoms with Gasteiger partial charge in [0.25, 0.3) is 0 Å². The van der Waals surface area contributed by atoms with Crippen LogP contribution in [0.2, 0.25) is 0 Å². The van der Waals surface area contributed by atoms with Gasteiger partial charge in [-0.1, -0.05) is 6.07 Å². The number of halogens is 1. The second-order valence-electron chi connectivity index (χ2n) is 3.36. The fourth-order valence-corrected chi connectivity index (χ4v) is 1.84.